The van der Waals surface area contributed by atoms with Gasteiger partial charge in [0.15, 0.2) is 0 Å². The van der Waals surface area contributed by atoms with Crippen LogP contribution in [0.25, 0.3) is 0 Å². The zero-order chi connectivity index (χ0) is 10.4. The fourth-order valence-electron chi connectivity index (χ4n) is 1.43. The van der Waals surface area contributed by atoms with E-state index in [4.69, 9.17) is 5.26 Å². The van der Waals surface area contributed by atoms with E-state index in [1.54, 1.807) is 0 Å². The molecule has 1 aromatic carbocycles. The monoisotopic (exact) mass is 251 g/mol. The minimum Gasteiger partial charge on any atom is -0.198 e. The van der Waals surface area contributed by atoms with Gasteiger partial charge in [-0.05, 0) is 17.5 Å². The maximum absolute atomic E-state index is 8.98. The third-order valence-corrected chi connectivity index (χ3v) is 2.92. The van der Waals surface area contributed by atoms with Crippen LogP contribution in [0.3, 0.4) is 0 Å². The summed E-state index contributed by atoms with van der Waals surface area (Å²) in [7, 11) is 0. The molecular weight excluding hydrogens is 238 g/mol. The molecule has 0 aliphatic carbocycles. The third-order valence-electron chi connectivity index (χ3n) is 2.27. The Morgan fingerprint density at radius 1 is 1.36 bits per heavy atom. The molecule has 0 heterocycles. The number of alkyl halides is 1. The van der Waals surface area contributed by atoms with Crippen molar-refractivity contribution in [3.05, 3.63) is 35.4 Å². The van der Waals surface area contributed by atoms with Crippen LogP contribution in [0, 0.1) is 11.3 Å². The Balaban J connectivity index is 2.79. The Labute approximate surface area is 93.9 Å². The van der Waals surface area contributed by atoms with Gasteiger partial charge in [0.25, 0.3) is 0 Å². The number of halogens is 1. The highest BCUT2D eigenvalue weighted by atomic mass is 79.9. The van der Waals surface area contributed by atoms with Crippen LogP contribution in [0.2, 0.25) is 0 Å². The van der Waals surface area contributed by atoms with Gasteiger partial charge in [-0.15, -0.1) is 0 Å². The summed E-state index contributed by atoms with van der Waals surface area (Å²) >= 11 is 3.40. The molecule has 0 radical (unpaired) electrons. The van der Waals surface area contributed by atoms with E-state index in [1.807, 2.05) is 0 Å². The zero-order valence-corrected chi connectivity index (χ0v) is 9.92. The highest BCUT2D eigenvalue weighted by Gasteiger charge is 2.08. The van der Waals surface area contributed by atoms with Gasteiger partial charge in [-0.25, -0.2) is 0 Å². The molecule has 1 atom stereocenters. The summed E-state index contributed by atoms with van der Waals surface area (Å²) in [4.78, 5) is 0. The van der Waals surface area contributed by atoms with Crippen molar-refractivity contribution in [3.8, 4) is 6.07 Å². The average molecular weight is 252 g/mol. The molecule has 0 aromatic heterocycles. The van der Waals surface area contributed by atoms with Gasteiger partial charge in [-0.3, -0.25) is 0 Å². The van der Waals surface area contributed by atoms with Crippen LogP contribution in [0.4, 0.5) is 0 Å². The van der Waals surface area contributed by atoms with Crippen molar-refractivity contribution in [2.75, 3.05) is 0 Å². The first-order valence-electron chi connectivity index (χ1n) is 4.86. The van der Waals surface area contributed by atoms with Gasteiger partial charge < -0.3 is 0 Å². The van der Waals surface area contributed by atoms with Gasteiger partial charge in [0.05, 0.1) is 12.0 Å². The first kappa shape index (κ1) is 11.3. The Kier molecular flexibility index (Phi) is 4.69. The highest BCUT2D eigenvalue weighted by Crippen LogP contribution is 2.21. The standard InChI is InChI=1S/C12H14BrN/c1-2-3-12(9-14)11-6-4-10(8-13)5-7-11/h4-7,12H,2-3,8H2,1H3. The van der Waals surface area contributed by atoms with E-state index in [0.717, 1.165) is 23.7 Å². The highest BCUT2D eigenvalue weighted by molar-refractivity contribution is 9.08. The van der Waals surface area contributed by atoms with E-state index >= 15 is 0 Å². The summed E-state index contributed by atoms with van der Waals surface area (Å²) in [6.45, 7) is 2.11. The molecule has 0 saturated heterocycles. The van der Waals surface area contributed by atoms with E-state index < -0.39 is 0 Å². The number of benzene rings is 1. The van der Waals surface area contributed by atoms with Gasteiger partial charge in [0.2, 0.25) is 0 Å². The molecule has 0 N–H and O–H groups in total. The molecule has 0 bridgehead atoms. The van der Waals surface area contributed by atoms with Crippen molar-refractivity contribution < 1.29 is 0 Å². The molecule has 74 valence electrons. The number of rotatable bonds is 4. The Hall–Kier alpha value is -0.810. The normalized spacial score (nSPS) is 12.1. The van der Waals surface area contributed by atoms with Crippen molar-refractivity contribution in [1.82, 2.24) is 0 Å². The second kappa shape index (κ2) is 5.82. The second-order valence-corrected chi connectivity index (χ2v) is 3.91. The number of hydrogen-bond donors (Lipinski definition) is 0. The quantitative estimate of drug-likeness (QED) is 0.743. The number of nitrogens with zero attached hydrogens (tertiary/aromatic N) is 1. The largest absolute Gasteiger partial charge is 0.198 e. The molecule has 0 spiro atoms. The van der Waals surface area contributed by atoms with Gasteiger partial charge in [0.1, 0.15) is 0 Å². The minimum atomic E-state index is 0.0596. The molecule has 0 amide bonds. The molecule has 1 aromatic rings. The lowest BCUT2D eigenvalue weighted by Crippen LogP contribution is -1.95. The molecule has 1 nitrogen and oxygen atoms in total. The molecule has 1 rings (SSSR count). The van der Waals surface area contributed by atoms with Crippen LogP contribution < -0.4 is 0 Å². The van der Waals surface area contributed by atoms with Crippen molar-refractivity contribution in [2.24, 2.45) is 0 Å². The van der Waals surface area contributed by atoms with Crippen LogP contribution in [0.15, 0.2) is 24.3 Å². The summed E-state index contributed by atoms with van der Waals surface area (Å²) in [5.41, 5.74) is 2.39. The van der Waals surface area contributed by atoms with Crippen molar-refractivity contribution >= 4 is 15.9 Å². The van der Waals surface area contributed by atoms with E-state index in [0.29, 0.717) is 0 Å². The smallest absolute Gasteiger partial charge is 0.0712 e. The summed E-state index contributed by atoms with van der Waals surface area (Å²) in [5.74, 6) is 0.0596. The summed E-state index contributed by atoms with van der Waals surface area (Å²) in [6, 6.07) is 10.6. The lowest BCUT2D eigenvalue weighted by molar-refractivity contribution is 0.727. The molecule has 0 saturated carbocycles. The maximum Gasteiger partial charge on any atom is 0.0712 e. The van der Waals surface area contributed by atoms with Crippen LogP contribution in [0.1, 0.15) is 36.8 Å². The predicted octanol–water partition coefficient (Wildman–Crippen LogP) is 3.99. The molecule has 0 fully saturated rings. The fraction of sp³-hybridized carbons (Fsp3) is 0.417. The van der Waals surface area contributed by atoms with Crippen molar-refractivity contribution in [1.29, 1.82) is 5.26 Å². The Bertz CT molecular complexity index is 310. The van der Waals surface area contributed by atoms with Crippen molar-refractivity contribution in [2.45, 2.75) is 31.0 Å². The predicted molar refractivity (Wildman–Crippen MR) is 62.3 cm³/mol. The van der Waals surface area contributed by atoms with Gasteiger partial charge in [0, 0.05) is 5.33 Å². The van der Waals surface area contributed by atoms with Gasteiger partial charge in [-0.1, -0.05) is 53.5 Å². The fourth-order valence-corrected chi connectivity index (χ4v) is 1.81. The lowest BCUT2D eigenvalue weighted by Gasteiger charge is -2.07. The third kappa shape index (κ3) is 2.85. The topological polar surface area (TPSA) is 23.8 Å². The molecule has 2 heteroatoms. The summed E-state index contributed by atoms with van der Waals surface area (Å²) in [5, 5.41) is 9.85. The van der Waals surface area contributed by atoms with Crippen LogP contribution in [-0.4, -0.2) is 0 Å². The zero-order valence-electron chi connectivity index (χ0n) is 8.33. The molecule has 1 unspecified atom stereocenters. The van der Waals surface area contributed by atoms with E-state index in [1.165, 1.54) is 5.56 Å². The number of nitriles is 1. The van der Waals surface area contributed by atoms with Crippen LogP contribution in [0.5, 0.6) is 0 Å². The SMILES string of the molecule is CCCC(C#N)c1ccc(CBr)cc1. The molecule has 0 aliphatic rings. The lowest BCUT2D eigenvalue weighted by atomic mass is 9.95. The molecule has 0 aliphatic heterocycles. The summed E-state index contributed by atoms with van der Waals surface area (Å²) in [6.07, 6.45) is 2.00. The Morgan fingerprint density at radius 3 is 2.43 bits per heavy atom. The maximum atomic E-state index is 8.98. The van der Waals surface area contributed by atoms with Crippen LogP contribution in [-0.2, 0) is 5.33 Å². The van der Waals surface area contributed by atoms with E-state index in [2.05, 4.69) is 53.2 Å². The van der Waals surface area contributed by atoms with E-state index in [9.17, 15) is 0 Å². The van der Waals surface area contributed by atoms with Crippen molar-refractivity contribution in [3.63, 3.8) is 0 Å². The van der Waals surface area contributed by atoms with Gasteiger partial charge >= 0.3 is 0 Å². The molecule has 14 heavy (non-hydrogen) atoms. The van der Waals surface area contributed by atoms with E-state index in [-0.39, 0.29) is 5.92 Å². The van der Waals surface area contributed by atoms with Crippen LogP contribution >= 0.6 is 15.9 Å². The number of hydrogen-bond acceptors (Lipinski definition) is 1. The second-order valence-electron chi connectivity index (χ2n) is 3.35. The minimum absolute atomic E-state index is 0.0596. The first-order valence-corrected chi connectivity index (χ1v) is 5.98. The summed E-state index contributed by atoms with van der Waals surface area (Å²) < 4.78 is 0. The average Bonchev–Trinajstić information content (AvgIpc) is 2.26. The first-order chi connectivity index (χ1) is 6.81. The Morgan fingerprint density at radius 2 is 2.00 bits per heavy atom. The molecular formula is C12H14BrN. The van der Waals surface area contributed by atoms with Gasteiger partial charge in [-0.2, -0.15) is 5.26 Å².